The van der Waals surface area contributed by atoms with Crippen LogP contribution in [0.3, 0.4) is 0 Å². The number of hydrogen-bond donors (Lipinski definition) is 1. The van der Waals surface area contributed by atoms with Crippen LogP contribution in [0.4, 0.5) is 0 Å². The van der Waals surface area contributed by atoms with Crippen LogP contribution < -0.4 is 0 Å². The molecule has 0 aromatic carbocycles. The van der Waals surface area contributed by atoms with Crippen molar-refractivity contribution >= 4 is 15.9 Å². The normalized spacial score (nSPS) is 10.1. The van der Waals surface area contributed by atoms with E-state index in [0.717, 1.165) is 5.56 Å². The van der Waals surface area contributed by atoms with Gasteiger partial charge in [0.1, 0.15) is 0 Å². The lowest BCUT2D eigenvalue weighted by Crippen LogP contribution is -1.80. The second kappa shape index (κ2) is 3.02. The van der Waals surface area contributed by atoms with Gasteiger partial charge in [0.05, 0.1) is 0 Å². The van der Waals surface area contributed by atoms with Crippen LogP contribution in [-0.2, 0) is 0 Å². The topological polar surface area (TPSA) is 54.5 Å². The maximum absolute atomic E-state index is 4.10. The van der Waals surface area contributed by atoms with Crippen molar-refractivity contribution in [2.45, 2.75) is 0 Å². The van der Waals surface area contributed by atoms with E-state index in [4.69, 9.17) is 0 Å². The third-order valence-electron chi connectivity index (χ3n) is 1.40. The van der Waals surface area contributed by atoms with Crippen molar-refractivity contribution in [2.24, 2.45) is 0 Å². The maximum Gasteiger partial charge on any atom is 0.193 e. The summed E-state index contributed by atoms with van der Waals surface area (Å²) in [5, 5.41) is 6.68. The fraction of sp³-hybridized carbons (Fsp3) is 0. The molecule has 0 spiro atoms. The smallest absolute Gasteiger partial charge is 0.193 e. The molecule has 2 rings (SSSR count). The van der Waals surface area contributed by atoms with Gasteiger partial charge < -0.3 is 0 Å². The Hall–Kier alpha value is -1.23. The Labute approximate surface area is 77.2 Å². The number of aromatic amines is 1. The molecule has 0 radical (unpaired) electrons. The first-order valence-electron chi connectivity index (χ1n) is 3.34. The van der Waals surface area contributed by atoms with E-state index in [1.54, 1.807) is 12.4 Å². The molecule has 0 aliphatic rings. The number of H-pyrrole nitrogens is 1. The van der Waals surface area contributed by atoms with Gasteiger partial charge in [-0.3, -0.25) is 10.1 Å². The van der Waals surface area contributed by atoms with Crippen LogP contribution in [0.15, 0.2) is 29.3 Å². The first-order chi connectivity index (χ1) is 5.86. The van der Waals surface area contributed by atoms with Crippen molar-refractivity contribution in [1.82, 2.24) is 20.2 Å². The van der Waals surface area contributed by atoms with Gasteiger partial charge in [0.2, 0.25) is 0 Å². The van der Waals surface area contributed by atoms with E-state index in [0.29, 0.717) is 10.6 Å². The summed E-state index contributed by atoms with van der Waals surface area (Å²) in [5.74, 6) is 0.671. The lowest BCUT2D eigenvalue weighted by molar-refractivity contribution is 1.07. The summed E-state index contributed by atoms with van der Waals surface area (Å²) in [6.07, 6.45) is 3.42. The lowest BCUT2D eigenvalue weighted by Gasteiger charge is -1.90. The molecule has 4 nitrogen and oxygen atoms in total. The summed E-state index contributed by atoms with van der Waals surface area (Å²) in [6.45, 7) is 0. The van der Waals surface area contributed by atoms with Gasteiger partial charge >= 0.3 is 0 Å². The highest BCUT2D eigenvalue weighted by Gasteiger charge is 2.01. The van der Waals surface area contributed by atoms with Crippen LogP contribution in [-0.4, -0.2) is 20.2 Å². The van der Waals surface area contributed by atoms with E-state index >= 15 is 0 Å². The predicted molar refractivity (Wildman–Crippen MR) is 47.3 cm³/mol. The van der Waals surface area contributed by atoms with Crippen molar-refractivity contribution in [3.8, 4) is 11.4 Å². The summed E-state index contributed by atoms with van der Waals surface area (Å²) >= 11 is 3.18. The maximum atomic E-state index is 4.10. The van der Waals surface area contributed by atoms with Gasteiger partial charge in [-0.05, 0) is 28.1 Å². The van der Waals surface area contributed by atoms with Gasteiger partial charge in [-0.1, -0.05) is 0 Å². The van der Waals surface area contributed by atoms with Crippen LogP contribution in [0.25, 0.3) is 11.4 Å². The summed E-state index contributed by atoms with van der Waals surface area (Å²) in [5.41, 5.74) is 0.951. The Bertz CT molecular complexity index is 370. The van der Waals surface area contributed by atoms with Crippen LogP contribution in [0.5, 0.6) is 0 Å². The average molecular weight is 225 g/mol. The van der Waals surface area contributed by atoms with Crippen molar-refractivity contribution < 1.29 is 0 Å². The summed E-state index contributed by atoms with van der Waals surface area (Å²) in [4.78, 5) is 8.00. The minimum absolute atomic E-state index is 0.634. The SMILES string of the molecule is Brc1nc(-c2ccncc2)n[nH]1. The molecule has 0 bridgehead atoms. The molecule has 0 fully saturated rings. The Morgan fingerprint density at radius 1 is 1.25 bits per heavy atom. The van der Waals surface area contributed by atoms with Crippen LogP contribution in [0.1, 0.15) is 0 Å². The van der Waals surface area contributed by atoms with Gasteiger partial charge in [-0.25, -0.2) is 4.98 Å². The third-order valence-corrected chi connectivity index (χ3v) is 1.75. The molecule has 0 atom stereocenters. The summed E-state index contributed by atoms with van der Waals surface area (Å²) < 4.78 is 0.634. The molecule has 12 heavy (non-hydrogen) atoms. The molecule has 0 aliphatic heterocycles. The second-order valence-corrected chi connectivity index (χ2v) is 2.94. The molecule has 2 aromatic heterocycles. The Kier molecular flexibility index (Phi) is 1.87. The molecule has 2 heterocycles. The van der Waals surface area contributed by atoms with Crippen molar-refractivity contribution in [1.29, 1.82) is 0 Å². The van der Waals surface area contributed by atoms with Crippen LogP contribution >= 0.6 is 15.9 Å². The van der Waals surface area contributed by atoms with Crippen LogP contribution in [0.2, 0.25) is 0 Å². The molecular formula is C7H5BrN4. The largest absolute Gasteiger partial charge is 0.265 e. The standard InChI is InChI=1S/C7H5BrN4/c8-7-10-6(11-12-7)5-1-3-9-4-2-5/h1-4H,(H,10,11,12). The zero-order chi connectivity index (χ0) is 8.39. The fourth-order valence-corrected chi connectivity index (χ4v) is 1.13. The molecule has 5 heteroatoms. The van der Waals surface area contributed by atoms with Gasteiger partial charge in [-0.2, -0.15) is 5.10 Å². The number of halogens is 1. The van der Waals surface area contributed by atoms with Gasteiger partial charge in [-0.15, -0.1) is 0 Å². The number of pyridine rings is 1. The zero-order valence-electron chi connectivity index (χ0n) is 6.03. The number of nitrogens with zero attached hydrogens (tertiary/aromatic N) is 3. The Balaban J connectivity index is 2.45. The number of nitrogens with one attached hydrogen (secondary N) is 1. The minimum Gasteiger partial charge on any atom is -0.265 e. The van der Waals surface area contributed by atoms with Crippen molar-refractivity contribution in [3.05, 3.63) is 29.3 Å². The van der Waals surface area contributed by atoms with Crippen molar-refractivity contribution in [3.63, 3.8) is 0 Å². The van der Waals surface area contributed by atoms with E-state index in [-0.39, 0.29) is 0 Å². The molecular weight excluding hydrogens is 220 g/mol. The van der Waals surface area contributed by atoms with E-state index in [2.05, 4.69) is 36.1 Å². The Morgan fingerprint density at radius 2 is 2.00 bits per heavy atom. The summed E-state index contributed by atoms with van der Waals surface area (Å²) in [6, 6.07) is 3.71. The predicted octanol–water partition coefficient (Wildman–Crippen LogP) is 1.63. The van der Waals surface area contributed by atoms with Gasteiger partial charge in [0, 0.05) is 18.0 Å². The minimum atomic E-state index is 0.634. The highest BCUT2D eigenvalue weighted by Crippen LogP contribution is 2.13. The third kappa shape index (κ3) is 1.35. The molecule has 0 unspecified atom stereocenters. The average Bonchev–Trinajstić information content (AvgIpc) is 2.54. The highest BCUT2D eigenvalue weighted by atomic mass is 79.9. The first-order valence-corrected chi connectivity index (χ1v) is 4.14. The van der Waals surface area contributed by atoms with Gasteiger partial charge in [0.15, 0.2) is 10.6 Å². The Morgan fingerprint density at radius 3 is 2.58 bits per heavy atom. The fourth-order valence-electron chi connectivity index (χ4n) is 0.872. The van der Waals surface area contributed by atoms with Gasteiger partial charge in [0.25, 0.3) is 0 Å². The number of hydrogen-bond acceptors (Lipinski definition) is 3. The molecule has 0 aliphatic carbocycles. The summed E-state index contributed by atoms with van der Waals surface area (Å²) in [7, 11) is 0. The van der Waals surface area contributed by atoms with Crippen LogP contribution in [0, 0.1) is 0 Å². The van der Waals surface area contributed by atoms with E-state index in [1.807, 2.05) is 12.1 Å². The first kappa shape index (κ1) is 7.42. The lowest BCUT2D eigenvalue weighted by atomic mass is 10.3. The van der Waals surface area contributed by atoms with E-state index in [9.17, 15) is 0 Å². The quantitative estimate of drug-likeness (QED) is 0.802. The molecule has 0 amide bonds. The van der Waals surface area contributed by atoms with E-state index in [1.165, 1.54) is 0 Å². The number of rotatable bonds is 1. The van der Waals surface area contributed by atoms with E-state index < -0.39 is 0 Å². The molecule has 2 aromatic rings. The number of aromatic nitrogens is 4. The molecule has 0 saturated heterocycles. The molecule has 1 N–H and O–H groups in total. The monoisotopic (exact) mass is 224 g/mol. The molecule has 60 valence electrons. The van der Waals surface area contributed by atoms with Crippen molar-refractivity contribution in [2.75, 3.05) is 0 Å². The molecule has 0 saturated carbocycles. The zero-order valence-corrected chi connectivity index (χ0v) is 7.62. The second-order valence-electron chi connectivity index (χ2n) is 2.19. The highest BCUT2D eigenvalue weighted by molar-refractivity contribution is 9.10.